The minimum absolute atomic E-state index is 0.741. The Balaban J connectivity index is 2.09. The molecule has 0 spiro atoms. The minimum Gasteiger partial charge on any atom is -0.0845 e. The van der Waals surface area contributed by atoms with Crippen LogP contribution in [0.2, 0.25) is 0 Å². The summed E-state index contributed by atoms with van der Waals surface area (Å²) in [6, 6.07) is 0. The van der Waals surface area contributed by atoms with E-state index in [1.54, 1.807) is 0 Å². The van der Waals surface area contributed by atoms with Gasteiger partial charge in [0.1, 0.15) is 0 Å². The fraction of sp³-hybridized carbons (Fsp3) is 0.800. The molecule has 3 unspecified atom stereocenters. The monoisotopic (exact) mass is 134 g/mol. The van der Waals surface area contributed by atoms with Crippen molar-refractivity contribution in [1.82, 2.24) is 0 Å². The predicted octanol–water partition coefficient (Wildman–Crippen LogP) is 2.75. The lowest BCUT2D eigenvalue weighted by molar-refractivity contribution is 0.329. The second kappa shape index (κ2) is 1.49. The molecule has 0 aromatic heterocycles. The molecule has 0 radical (unpaired) electrons. The van der Waals surface area contributed by atoms with Crippen LogP contribution < -0.4 is 0 Å². The van der Waals surface area contributed by atoms with E-state index < -0.39 is 0 Å². The van der Waals surface area contributed by atoms with Gasteiger partial charge in [-0.05, 0) is 42.9 Å². The first kappa shape index (κ1) is 5.40. The summed E-state index contributed by atoms with van der Waals surface area (Å²) in [5, 5.41) is 0. The zero-order valence-corrected chi connectivity index (χ0v) is 6.34. The van der Waals surface area contributed by atoms with Gasteiger partial charge in [-0.1, -0.05) is 18.6 Å². The van der Waals surface area contributed by atoms with Gasteiger partial charge in [-0.15, -0.1) is 0 Å². The maximum atomic E-state index is 2.54. The molecule has 3 aliphatic rings. The van der Waals surface area contributed by atoms with Crippen LogP contribution in [0.1, 0.15) is 32.1 Å². The quantitative estimate of drug-likeness (QED) is 0.447. The second-order valence-corrected chi connectivity index (χ2v) is 4.29. The van der Waals surface area contributed by atoms with Gasteiger partial charge in [-0.3, -0.25) is 0 Å². The summed E-state index contributed by atoms with van der Waals surface area (Å²) in [5.41, 5.74) is 0.741. The Morgan fingerprint density at radius 2 is 2.20 bits per heavy atom. The van der Waals surface area contributed by atoms with Crippen LogP contribution in [0.15, 0.2) is 12.2 Å². The van der Waals surface area contributed by atoms with Crippen molar-refractivity contribution in [2.45, 2.75) is 32.1 Å². The van der Waals surface area contributed by atoms with Gasteiger partial charge in [0, 0.05) is 0 Å². The Kier molecular flexibility index (Phi) is 0.805. The molecule has 3 aliphatic carbocycles. The van der Waals surface area contributed by atoms with E-state index in [-0.39, 0.29) is 0 Å². The van der Waals surface area contributed by atoms with E-state index in [0.29, 0.717) is 0 Å². The van der Waals surface area contributed by atoms with E-state index in [2.05, 4.69) is 12.2 Å². The maximum absolute atomic E-state index is 2.54. The van der Waals surface area contributed by atoms with Crippen LogP contribution in [0.5, 0.6) is 0 Å². The Hall–Kier alpha value is -0.260. The standard InChI is InChI=1S/C10H14/c1-2-9-8-3-6-10(9,5-1)7-4-8/h3,6,8-9H,1-2,4-5,7H2. The maximum Gasteiger partial charge on any atom is -0.00841 e. The van der Waals surface area contributed by atoms with Crippen LogP contribution in [0.3, 0.4) is 0 Å². The van der Waals surface area contributed by atoms with Gasteiger partial charge < -0.3 is 0 Å². The lowest BCUT2D eigenvalue weighted by Crippen LogP contribution is -2.14. The molecule has 2 fully saturated rings. The van der Waals surface area contributed by atoms with Gasteiger partial charge in [0.2, 0.25) is 0 Å². The molecular formula is C10H14. The lowest BCUT2D eigenvalue weighted by Gasteiger charge is -2.21. The number of hydrogen-bond donors (Lipinski definition) is 0. The van der Waals surface area contributed by atoms with Gasteiger partial charge in [0.05, 0.1) is 0 Å². The molecule has 3 atom stereocenters. The summed E-state index contributed by atoms with van der Waals surface area (Å²) in [5.74, 6) is 2.09. The van der Waals surface area contributed by atoms with Crippen LogP contribution in [0.4, 0.5) is 0 Å². The van der Waals surface area contributed by atoms with Crippen molar-refractivity contribution in [3.8, 4) is 0 Å². The fourth-order valence-electron chi connectivity index (χ4n) is 3.55. The van der Waals surface area contributed by atoms with Crippen molar-refractivity contribution in [3.63, 3.8) is 0 Å². The van der Waals surface area contributed by atoms with Crippen molar-refractivity contribution in [3.05, 3.63) is 12.2 Å². The molecule has 0 aromatic rings. The third-order valence-electron chi connectivity index (χ3n) is 4.03. The molecule has 2 saturated carbocycles. The lowest BCUT2D eigenvalue weighted by atomic mass is 9.83. The molecule has 0 aliphatic heterocycles. The average Bonchev–Trinajstić information content (AvgIpc) is 2.49. The van der Waals surface area contributed by atoms with Gasteiger partial charge in [-0.2, -0.15) is 0 Å². The Morgan fingerprint density at radius 3 is 2.90 bits per heavy atom. The summed E-state index contributed by atoms with van der Waals surface area (Å²) in [7, 11) is 0. The third kappa shape index (κ3) is 0.426. The van der Waals surface area contributed by atoms with Crippen molar-refractivity contribution < 1.29 is 0 Å². The Morgan fingerprint density at radius 1 is 1.20 bits per heavy atom. The van der Waals surface area contributed by atoms with E-state index in [1.807, 2.05) is 0 Å². The topological polar surface area (TPSA) is 0 Å². The van der Waals surface area contributed by atoms with Crippen molar-refractivity contribution in [2.75, 3.05) is 0 Å². The second-order valence-electron chi connectivity index (χ2n) is 4.29. The molecule has 0 heterocycles. The molecule has 0 heteroatoms. The first-order chi connectivity index (χ1) is 4.91. The van der Waals surface area contributed by atoms with Crippen LogP contribution in [-0.2, 0) is 0 Å². The Bertz CT molecular complexity index is 188. The molecule has 0 N–H and O–H groups in total. The fourth-order valence-corrected chi connectivity index (χ4v) is 3.55. The summed E-state index contributed by atoms with van der Waals surface area (Å²) in [6.45, 7) is 0. The van der Waals surface area contributed by atoms with Crippen molar-refractivity contribution >= 4 is 0 Å². The highest BCUT2D eigenvalue weighted by atomic mass is 14.6. The number of hydrogen-bond acceptors (Lipinski definition) is 0. The Labute approximate surface area is 62.3 Å². The van der Waals surface area contributed by atoms with E-state index in [1.165, 1.54) is 32.1 Å². The van der Waals surface area contributed by atoms with Crippen LogP contribution in [-0.4, -0.2) is 0 Å². The molecule has 0 saturated heterocycles. The molecule has 3 rings (SSSR count). The molecule has 0 nitrogen and oxygen atoms in total. The van der Waals surface area contributed by atoms with Crippen molar-refractivity contribution in [2.24, 2.45) is 17.3 Å². The number of rotatable bonds is 0. The SMILES string of the molecule is C1=CC23CCCC2C1CC3. The number of allylic oxidation sites excluding steroid dienone is 2. The zero-order valence-electron chi connectivity index (χ0n) is 6.34. The van der Waals surface area contributed by atoms with Gasteiger partial charge >= 0.3 is 0 Å². The molecule has 0 aromatic carbocycles. The zero-order chi connectivity index (χ0) is 6.60. The normalized spacial score (nSPS) is 56.0. The minimum atomic E-state index is 0.741. The highest BCUT2D eigenvalue weighted by Crippen LogP contribution is 2.61. The smallest absolute Gasteiger partial charge is 0.00841 e. The summed E-state index contributed by atoms with van der Waals surface area (Å²) >= 11 is 0. The molecular weight excluding hydrogens is 120 g/mol. The predicted molar refractivity (Wildman–Crippen MR) is 41.6 cm³/mol. The summed E-state index contributed by atoms with van der Waals surface area (Å²) < 4.78 is 0. The summed E-state index contributed by atoms with van der Waals surface area (Å²) in [6.07, 6.45) is 12.6. The molecule has 2 bridgehead atoms. The average molecular weight is 134 g/mol. The van der Waals surface area contributed by atoms with Gasteiger partial charge in [0.25, 0.3) is 0 Å². The molecule has 10 heavy (non-hydrogen) atoms. The van der Waals surface area contributed by atoms with E-state index in [9.17, 15) is 0 Å². The molecule has 0 amide bonds. The van der Waals surface area contributed by atoms with Crippen molar-refractivity contribution in [1.29, 1.82) is 0 Å². The van der Waals surface area contributed by atoms with E-state index in [4.69, 9.17) is 0 Å². The summed E-state index contributed by atoms with van der Waals surface area (Å²) in [4.78, 5) is 0. The van der Waals surface area contributed by atoms with Crippen LogP contribution in [0, 0.1) is 17.3 Å². The van der Waals surface area contributed by atoms with Gasteiger partial charge in [0.15, 0.2) is 0 Å². The highest BCUT2D eigenvalue weighted by molar-refractivity contribution is 5.21. The first-order valence-corrected chi connectivity index (χ1v) is 4.60. The largest absolute Gasteiger partial charge is 0.0845 e. The van der Waals surface area contributed by atoms with E-state index in [0.717, 1.165) is 17.3 Å². The van der Waals surface area contributed by atoms with E-state index >= 15 is 0 Å². The van der Waals surface area contributed by atoms with Gasteiger partial charge in [-0.25, -0.2) is 0 Å². The highest BCUT2D eigenvalue weighted by Gasteiger charge is 2.51. The molecule has 54 valence electrons. The first-order valence-electron chi connectivity index (χ1n) is 4.60. The van der Waals surface area contributed by atoms with Crippen LogP contribution >= 0.6 is 0 Å². The third-order valence-corrected chi connectivity index (χ3v) is 4.03. The van der Waals surface area contributed by atoms with Crippen LogP contribution in [0.25, 0.3) is 0 Å².